The van der Waals surface area contributed by atoms with Crippen LogP contribution in [0.4, 0.5) is 0 Å². The number of fused-ring (bicyclic) bond motifs is 2. The van der Waals surface area contributed by atoms with Crippen LogP contribution in [0.2, 0.25) is 5.02 Å². The van der Waals surface area contributed by atoms with Crippen LogP contribution in [0.1, 0.15) is 53.2 Å². The van der Waals surface area contributed by atoms with Crippen molar-refractivity contribution in [2.24, 2.45) is 5.92 Å². The molecule has 0 radical (unpaired) electrons. The van der Waals surface area contributed by atoms with Crippen molar-refractivity contribution in [2.75, 3.05) is 26.7 Å². The Kier molecular flexibility index (Phi) is 10.7. The molecule has 0 amide bonds. The molecule has 1 aliphatic carbocycles. The zero-order valence-corrected chi connectivity index (χ0v) is 30.4. The van der Waals surface area contributed by atoms with Crippen LogP contribution in [0.5, 0.6) is 11.8 Å². The molecule has 0 bridgehead atoms. The number of ether oxygens (including phenoxy) is 2. The number of carboxylic acid groups (broad SMARTS) is 2. The van der Waals surface area contributed by atoms with Gasteiger partial charge in [0, 0.05) is 53.9 Å². The second kappa shape index (κ2) is 15.6. The number of halogens is 1. The molecule has 2 aliphatic rings. The average molecular weight is 739 g/mol. The lowest BCUT2D eigenvalue weighted by Gasteiger charge is -2.18. The normalized spacial score (nSPS) is 17.6. The molecule has 3 heterocycles. The largest absolute Gasteiger partial charge is 0.481 e. The number of pyridine rings is 1. The number of carbonyl (C=O) groups is 2. The number of carboxylic acids is 2. The van der Waals surface area contributed by atoms with E-state index in [9.17, 15) is 19.8 Å². The van der Waals surface area contributed by atoms with Crippen molar-refractivity contribution in [2.45, 2.75) is 57.9 Å². The lowest BCUT2D eigenvalue weighted by molar-refractivity contribution is -0.141. The highest BCUT2D eigenvalue weighted by molar-refractivity contribution is 6.31. The molecule has 12 heteroatoms. The molecule has 5 aromatic rings. The van der Waals surface area contributed by atoms with Crippen molar-refractivity contribution in [1.29, 1.82) is 0 Å². The first-order valence-corrected chi connectivity index (χ1v) is 18.2. The molecule has 1 fully saturated rings. The number of benzene rings is 3. The molecule has 7 rings (SSSR count). The van der Waals surface area contributed by atoms with E-state index in [1.165, 1.54) is 29.4 Å². The SMILES string of the molecule is COc1nc(O[C@H]2CCc3c(-c4cccc(-c5cc6cc(CN7CC[C@H](C(=O)O)C7)ccc6[nH]5)c4C)cccc32)c(Cl)cc1CNC[C@@H](O)CC(=O)O. The molecule has 2 aromatic heterocycles. The third-order valence-corrected chi connectivity index (χ3v) is 10.6. The van der Waals surface area contributed by atoms with Crippen molar-refractivity contribution in [3.05, 3.63) is 99.6 Å². The molecule has 5 N–H and O–H groups in total. The highest BCUT2D eigenvalue weighted by Gasteiger charge is 2.30. The number of methoxy groups -OCH3 is 1. The molecule has 276 valence electrons. The number of aliphatic carboxylic acids is 2. The molecular formula is C41H43ClN4O7. The van der Waals surface area contributed by atoms with Crippen molar-refractivity contribution in [3.63, 3.8) is 0 Å². The second-order valence-electron chi connectivity index (χ2n) is 14.0. The summed E-state index contributed by atoms with van der Waals surface area (Å²) in [5.41, 5.74) is 10.9. The van der Waals surface area contributed by atoms with Gasteiger partial charge in [0.05, 0.1) is 25.6 Å². The van der Waals surface area contributed by atoms with E-state index in [1.807, 2.05) is 0 Å². The van der Waals surface area contributed by atoms with Gasteiger partial charge in [0.2, 0.25) is 11.8 Å². The summed E-state index contributed by atoms with van der Waals surface area (Å²) in [6.45, 7) is 4.65. The Hall–Kier alpha value is -4.94. The Labute approximate surface area is 312 Å². The van der Waals surface area contributed by atoms with Crippen LogP contribution in [0.25, 0.3) is 33.3 Å². The standard InChI is InChI=1S/C41H43ClN4O7/c1-23-29(5-3-6-30(23)36-17-26-15-24(9-11-35(26)44-36)21-46-14-13-25(22-46)41(50)51)31-7-4-8-33-32(31)10-12-37(33)53-40-34(42)16-27(39(45-40)52-2)19-43-20-28(47)18-38(48)49/h3-9,11,15-17,25,28,37,43-44,47H,10,12-14,18-22H2,1-2H3,(H,48,49)(H,50,51)/t25-,28-,37-/m0/s1. The van der Waals surface area contributed by atoms with E-state index in [2.05, 4.69) is 87.8 Å². The summed E-state index contributed by atoms with van der Waals surface area (Å²) < 4.78 is 12.0. The number of nitrogens with zero attached hydrogens (tertiary/aromatic N) is 2. The summed E-state index contributed by atoms with van der Waals surface area (Å²) in [7, 11) is 1.51. The first kappa shape index (κ1) is 36.4. The summed E-state index contributed by atoms with van der Waals surface area (Å²) in [6, 6.07) is 23.1. The Morgan fingerprint density at radius 3 is 2.60 bits per heavy atom. The van der Waals surface area contributed by atoms with Gasteiger partial charge in [0.25, 0.3) is 0 Å². The number of hydrogen-bond acceptors (Lipinski definition) is 8. The summed E-state index contributed by atoms with van der Waals surface area (Å²) in [5, 5.41) is 32.6. The molecule has 1 aliphatic heterocycles. The summed E-state index contributed by atoms with van der Waals surface area (Å²) >= 11 is 6.67. The third-order valence-electron chi connectivity index (χ3n) is 10.4. The number of H-pyrrole nitrogens is 1. The fraction of sp³-hybridized carbons (Fsp3) is 0.341. The van der Waals surface area contributed by atoms with Crippen LogP contribution in [0.15, 0.2) is 66.7 Å². The van der Waals surface area contributed by atoms with E-state index in [0.29, 0.717) is 29.4 Å². The number of aromatic nitrogens is 2. The maximum absolute atomic E-state index is 11.4. The number of aliphatic hydroxyl groups excluding tert-OH is 1. The van der Waals surface area contributed by atoms with Crippen molar-refractivity contribution in [3.8, 4) is 34.1 Å². The van der Waals surface area contributed by atoms with E-state index in [4.69, 9.17) is 26.2 Å². The van der Waals surface area contributed by atoms with E-state index in [0.717, 1.165) is 59.2 Å². The van der Waals surface area contributed by atoms with Gasteiger partial charge in [-0.3, -0.25) is 14.5 Å². The summed E-state index contributed by atoms with van der Waals surface area (Å²) in [6.07, 6.45) is 0.659. The molecule has 1 saturated heterocycles. The summed E-state index contributed by atoms with van der Waals surface area (Å²) in [4.78, 5) is 32.7. The second-order valence-corrected chi connectivity index (χ2v) is 14.4. The van der Waals surface area contributed by atoms with Gasteiger partial charge in [-0.2, -0.15) is 4.98 Å². The Bertz CT molecular complexity index is 2170. The van der Waals surface area contributed by atoms with E-state index in [1.54, 1.807) is 6.07 Å². The molecule has 0 saturated carbocycles. The smallest absolute Gasteiger partial charge is 0.307 e. The predicted octanol–water partition coefficient (Wildman–Crippen LogP) is 6.77. The van der Waals surface area contributed by atoms with E-state index >= 15 is 0 Å². The number of aliphatic hydroxyl groups is 1. The molecule has 53 heavy (non-hydrogen) atoms. The van der Waals surface area contributed by atoms with Gasteiger partial charge in [-0.05, 0) is 90.4 Å². The quantitative estimate of drug-likeness (QED) is 0.0824. The number of aromatic amines is 1. The molecular weight excluding hydrogens is 696 g/mol. The lowest BCUT2D eigenvalue weighted by atomic mass is 9.91. The van der Waals surface area contributed by atoms with E-state index < -0.39 is 18.0 Å². The minimum absolute atomic E-state index is 0.0928. The minimum Gasteiger partial charge on any atom is -0.481 e. The number of nitrogens with one attached hydrogen (secondary N) is 2. The molecule has 3 aromatic carbocycles. The number of rotatable bonds is 14. The zero-order valence-electron chi connectivity index (χ0n) is 29.7. The zero-order chi connectivity index (χ0) is 37.2. The van der Waals surface area contributed by atoms with Crippen molar-refractivity contribution in [1.82, 2.24) is 20.2 Å². The van der Waals surface area contributed by atoms with Gasteiger partial charge < -0.3 is 35.1 Å². The van der Waals surface area contributed by atoms with Crippen LogP contribution >= 0.6 is 11.6 Å². The lowest BCUT2D eigenvalue weighted by Crippen LogP contribution is -2.28. The Morgan fingerprint density at radius 2 is 1.83 bits per heavy atom. The van der Waals surface area contributed by atoms with Crippen LogP contribution in [-0.2, 0) is 29.1 Å². The predicted molar refractivity (Wildman–Crippen MR) is 202 cm³/mol. The number of likely N-dealkylation sites (tertiary alicyclic amines) is 1. The Balaban J connectivity index is 1.08. The van der Waals surface area contributed by atoms with Crippen LogP contribution < -0.4 is 14.8 Å². The van der Waals surface area contributed by atoms with Crippen molar-refractivity contribution >= 4 is 34.4 Å². The highest BCUT2D eigenvalue weighted by Crippen LogP contribution is 2.43. The average Bonchev–Trinajstić information content (AvgIpc) is 3.88. The third kappa shape index (κ3) is 7.89. The molecule has 11 nitrogen and oxygen atoms in total. The van der Waals surface area contributed by atoms with Gasteiger partial charge in [-0.1, -0.05) is 54.1 Å². The van der Waals surface area contributed by atoms with Gasteiger partial charge >= 0.3 is 11.9 Å². The minimum atomic E-state index is -1.07. The Morgan fingerprint density at radius 1 is 1.04 bits per heavy atom. The molecule has 0 spiro atoms. The van der Waals surface area contributed by atoms with Crippen LogP contribution in [0.3, 0.4) is 0 Å². The van der Waals surface area contributed by atoms with Gasteiger partial charge in [0.1, 0.15) is 11.1 Å². The maximum atomic E-state index is 11.4. The topological polar surface area (TPSA) is 157 Å². The summed E-state index contributed by atoms with van der Waals surface area (Å²) in [5.74, 6) is -1.46. The van der Waals surface area contributed by atoms with Gasteiger partial charge in [-0.15, -0.1) is 0 Å². The maximum Gasteiger partial charge on any atom is 0.307 e. The number of hydrogen-bond donors (Lipinski definition) is 5. The first-order valence-electron chi connectivity index (χ1n) is 17.9. The van der Waals surface area contributed by atoms with Crippen LogP contribution in [-0.4, -0.2) is 75.0 Å². The molecule has 3 atom stereocenters. The van der Waals surface area contributed by atoms with Crippen molar-refractivity contribution < 1.29 is 34.4 Å². The van der Waals surface area contributed by atoms with Gasteiger partial charge in [0.15, 0.2) is 0 Å². The molecule has 0 unspecified atom stereocenters. The first-order chi connectivity index (χ1) is 25.6. The van der Waals surface area contributed by atoms with E-state index in [-0.39, 0.29) is 37.4 Å². The van der Waals surface area contributed by atoms with Crippen LogP contribution in [0, 0.1) is 12.8 Å². The van der Waals surface area contributed by atoms with Gasteiger partial charge in [-0.25, -0.2) is 0 Å². The highest BCUT2D eigenvalue weighted by atomic mass is 35.5. The fourth-order valence-electron chi connectivity index (χ4n) is 7.73. The fourth-order valence-corrected chi connectivity index (χ4v) is 7.95. The monoisotopic (exact) mass is 738 g/mol.